The Balaban J connectivity index is 0.000000169. The Hall–Kier alpha value is -2.37. The van der Waals surface area contributed by atoms with Crippen molar-refractivity contribution in [3.8, 4) is 6.07 Å². The molecule has 1 aromatic carbocycles. The first-order valence-corrected chi connectivity index (χ1v) is 10.0. The number of anilines is 1. The number of nitrogens with zero attached hydrogens (tertiary/aromatic N) is 4. The molecular formula is C21H27F2N5O. The van der Waals surface area contributed by atoms with Crippen LogP contribution in [0, 0.1) is 11.3 Å². The SMILES string of the molecule is CC(F)(F)C1CN(C2CCCCC2)CCO1.N#Cc1ccc2ncnc(N)c2c1. The molecule has 2 heterocycles. The lowest BCUT2D eigenvalue weighted by molar-refractivity contribution is -0.163. The van der Waals surface area contributed by atoms with Crippen molar-refractivity contribution in [2.75, 3.05) is 25.4 Å². The highest BCUT2D eigenvalue weighted by Crippen LogP contribution is 2.28. The lowest BCUT2D eigenvalue weighted by Crippen LogP contribution is -2.53. The van der Waals surface area contributed by atoms with Crippen LogP contribution in [-0.2, 0) is 4.74 Å². The molecule has 2 fully saturated rings. The van der Waals surface area contributed by atoms with Crippen molar-refractivity contribution in [3.05, 3.63) is 30.1 Å². The van der Waals surface area contributed by atoms with Gasteiger partial charge in [0.1, 0.15) is 18.2 Å². The number of nitrogens with two attached hydrogens (primary N) is 1. The number of fused-ring (bicyclic) bond motifs is 1. The van der Waals surface area contributed by atoms with Crippen molar-refractivity contribution in [3.63, 3.8) is 0 Å². The third-order valence-electron chi connectivity index (χ3n) is 5.55. The number of nitriles is 1. The van der Waals surface area contributed by atoms with E-state index in [0.29, 0.717) is 30.6 Å². The van der Waals surface area contributed by atoms with Gasteiger partial charge in [0.2, 0.25) is 0 Å². The van der Waals surface area contributed by atoms with Gasteiger partial charge in [0.15, 0.2) is 0 Å². The number of ether oxygens (including phenoxy) is 1. The van der Waals surface area contributed by atoms with Gasteiger partial charge in [0, 0.05) is 31.4 Å². The lowest BCUT2D eigenvalue weighted by atomic mass is 9.93. The van der Waals surface area contributed by atoms with Crippen molar-refractivity contribution in [1.82, 2.24) is 14.9 Å². The summed E-state index contributed by atoms with van der Waals surface area (Å²) in [5.74, 6) is -2.31. The van der Waals surface area contributed by atoms with Crippen LogP contribution in [0.5, 0.6) is 0 Å². The number of benzene rings is 1. The van der Waals surface area contributed by atoms with Crippen LogP contribution in [0.2, 0.25) is 0 Å². The van der Waals surface area contributed by atoms with Gasteiger partial charge in [0.05, 0.1) is 23.8 Å². The van der Waals surface area contributed by atoms with E-state index < -0.39 is 12.0 Å². The van der Waals surface area contributed by atoms with Crippen LogP contribution in [0.4, 0.5) is 14.6 Å². The summed E-state index contributed by atoms with van der Waals surface area (Å²) in [6.45, 7) is 2.62. The molecule has 2 N–H and O–H groups in total. The van der Waals surface area contributed by atoms with E-state index in [-0.39, 0.29) is 0 Å². The number of halogens is 2. The van der Waals surface area contributed by atoms with Crippen molar-refractivity contribution >= 4 is 16.7 Å². The summed E-state index contributed by atoms with van der Waals surface area (Å²) in [4.78, 5) is 10.1. The Kier molecular flexibility index (Phi) is 6.93. The van der Waals surface area contributed by atoms with Gasteiger partial charge in [-0.3, -0.25) is 4.90 Å². The Morgan fingerprint density at radius 2 is 2.00 bits per heavy atom. The normalized spacial score (nSPS) is 21.2. The summed E-state index contributed by atoms with van der Waals surface area (Å²) in [5.41, 5.74) is 6.94. The fraction of sp³-hybridized carbons (Fsp3) is 0.571. The molecule has 29 heavy (non-hydrogen) atoms. The minimum atomic E-state index is -2.71. The average Bonchev–Trinajstić information content (AvgIpc) is 2.74. The topological polar surface area (TPSA) is 88.1 Å². The van der Waals surface area contributed by atoms with Crippen LogP contribution in [-0.4, -0.2) is 52.6 Å². The minimum Gasteiger partial charge on any atom is -0.383 e. The first kappa shape index (κ1) is 21.3. The minimum absolute atomic E-state index is 0.397. The zero-order valence-corrected chi connectivity index (χ0v) is 16.7. The number of morpholine rings is 1. The monoisotopic (exact) mass is 403 g/mol. The third-order valence-corrected chi connectivity index (χ3v) is 5.55. The summed E-state index contributed by atoms with van der Waals surface area (Å²) in [7, 11) is 0. The number of alkyl halides is 2. The summed E-state index contributed by atoms with van der Waals surface area (Å²) >= 11 is 0. The number of aromatic nitrogens is 2. The number of hydrogen-bond donors (Lipinski definition) is 1. The maximum atomic E-state index is 13.2. The van der Waals surface area contributed by atoms with E-state index >= 15 is 0 Å². The third kappa shape index (κ3) is 5.58. The standard InChI is InChI=1S/C12H21F2NO.C9H6N4/c1-12(13,14)11-9-15(7-8-16-11)10-5-3-2-4-6-10;10-4-6-1-2-8-7(3-6)9(11)13-5-12-8/h10-11H,2-9H2,1H3;1-3,5H,(H2,11,12,13). The highest BCUT2D eigenvalue weighted by molar-refractivity contribution is 5.88. The molecule has 1 aliphatic carbocycles. The Morgan fingerprint density at radius 3 is 2.69 bits per heavy atom. The molecule has 1 aromatic heterocycles. The second-order valence-corrected chi connectivity index (χ2v) is 7.71. The first-order valence-electron chi connectivity index (χ1n) is 10.0. The number of nitrogen functional groups attached to an aromatic ring is 1. The zero-order valence-electron chi connectivity index (χ0n) is 16.7. The lowest BCUT2D eigenvalue weighted by Gasteiger charge is -2.41. The predicted octanol–water partition coefficient (Wildman–Crippen LogP) is 3.76. The molecule has 0 amide bonds. The van der Waals surface area contributed by atoms with E-state index in [1.165, 1.54) is 38.4 Å². The smallest absolute Gasteiger partial charge is 0.272 e. The summed E-state index contributed by atoms with van der Waals surface area (Å²) in [6.07, 6.45) is 6.62. The molecule has 2 aliphatic rings. The summed E-state index contributed by atoms with van der Waals surface area (Å²) in [5, 5.41) is 9.38. The van der Waals surface area contributed by atoms with Crippen LogP contribution in [0.15, 0.2) is 24.5 Å². The fourth-order valence-electron chi connectivity index (χ4n) is 3.90. The molecule has 0 spiro atoms. The number of hydrogen-bond acceptors (Lipinski definition) is 6. The van der Waals surface area contributed by atoms with Gasteiger partial charge in [0.25, 0.3) is 5.92 Å². The fourth-order valence-corrected chi connectivity index (χ4v) is 3.90. The molecule has 2 aromatic rings. The van der Waals surface area contributed by atoms with Gasteiger partial charge in [-0.05, 0) is 31.0 Å². The zero-order chi connectivity index (χ0) is 20.9. The van der Waals surface area contributed by atoms with Crippen molar-refractivity contribution in [2.24, 2.45) is 0 Å². The Morgan fingerprint density at radius 1 is 1.24 bits per heavy atom. The summed E-state index contributed by atoms with van der Waals surface area (Å²) in [6, 6.07) is 7.70. The second kappa shape index (κ2) is 9.42. The molecule has 8 heteroatoms. The van der Waals surface area contributed by atoms with Gasteiger partial charge in [-0.1, -0.05) is 19.3 Å². The van der Waals surface area contributed by atoms with E-state index in [4.69, 9.17) is 15.7 Å². The highest BCUT2D eigenvalue weighted by atomic mass is 19.3. The average molecular weight is 403 g/mol. The second-order valence-electron chi connectivity index (χ2n) is 7.71. The molecule has 4 rings (SSSR count). The van der Waals surface area contributed by atoms with E-state index in [1.54, 1.807) is 18.2 Å². The maximum absolute atomic E-state index is 13.2. The molecule has 6 nitrogen and oxygen atoms in total. The predicted molar refractivity (Wildman–Crippen MR) is 107 cm³/mol. The number of rotatable bonds is 2. The maximum Gasteiger partial charge on any atom is 0.272 e. The Bertz CT molecular complexity index is 858. The van der Waals surface area contributed by atoms with Crippen molar-refractivity contribution < 1.29 is 13.5 Å². The van der Waals surface area contributed by atoms with Gasteiger partial charge in [-0.15, -0.1) is 0 Å². The van der Waals surface area contributed by atoms with Crippen molar-refractivity contribution in [2.45, 2.75) is 57.1 Å². The summed E-state index contributed by atoms with van der Waals surface area (Å²) < 4.78 is 31.6. The largest absolute Gasteiger partial charge is 0.383 e. The molecule has 156 valence electrons. The molecule has 1 unspecified atom stereocenters. The molecular weight excluding hydrogens is 376 g/mol. The van der Waals surface area contributed by atoms with Crippen LogP contribution >= 0.6 is 0 Å². The van der Waals surface area contributed by atoms with Crippen LogP contribution in [0.25, 0.3) is 10.9 Å². The van der Waals surface area contributed by atoms with Crippen molar-refractivity contribution in [1.29, 1.82) is 5.26 Å². The highest BCUT2D eigenvalue weighted by Gasteiger charge is 2.40. The molecule has 0 bridgehead atoms. The van der Waals surface area contributed by atoms with Gasteiger partial charge >= 0.3 is 0 Å². The van der Waals surface area contributed by atoms with Crippen LogP contribution in [0.3, 0.4) is 0 Å². The molecule has 1 aliphatic heterocycles. The van der Waals surface area contributed by atoms with E-state index in [9.17, 15) is 8.78 Å². The molecule has 1 saturated heterocycles. The van der Waals surface area contributed by atoms with Gasteiger partial charge in [-0.25, -0.2) is 18.7 Å². The van der Waals surface area contributed by atoms with Crippen LogP contribution in [0.1, 0.15) is 44.6 Å². The van der Waals surface area contributed by atoms with Gasteiger partial charge < -0.3 is 10.5 Å². The molecule has 1 saturated carbocycles. The van der Waals surface area contributed by atoms with E-state index in [0.717, 1.165) is 24.4 Å². The van der Waals surface area contributed by atoms with E-state index in [1.807, 2.05) is 6.07 Å². The Labute approximate surface area is 169 Å². The molecule has 0 radical (unpaired) electrons. The first-order chi connectivity index (χ1) is 13.9. The van der Waals surface area contributed by atoms with E-state index in [2.05, 4.69) is 14.9 Å². The molecule has 1 atom stereocenters. The van der Waals surface area contributed by atoms with Gasteiger partial charge in [-0.2, -0.15) is 5.26 Å². The quantitative estimate of drug-likeness (QED) is 0.821. The van der Waals surface area contributed by atoms with Crippen LogP contribution < -0.4 is 5.73 Å².